The number of hydrogen-bond acceptors (Lipinski definition) is 2. The molecule has 0 aromatic carbocycles. The number of aromatic nitrogens is 4. The molecule has 0 atom stereocenters. The van der Waals surface area contributed by atoms with Crippen molar-refractivity contribution in [2.45, 2.75) is 0 Å². The first-order chi connectivity index (χ1) is 11.8. The minimum Gasteiger partial charge on any atom is -1.00 e. The summed E-state index contributed by atoms with van der Waals surface area (Å²) >= 11 is 0. The van der Waals surface area contributed by atoms with Crippen LogP contribution in [0.1, 0.15) is 25.6 Å². The molecule has 0 saturated carbocycles. The SMILES string of the molecule is C1=Cc2cc3ccc(cc4ccc(cc5nc(cc1n2)C=C5)[nH]4)[nH]3.[Ca+2].[H-].[H-]. The Morgan fingerprint density at radius 1 is 0.520 bits per heavy atom. The summed E-state index contributed by atoms with van der Waals surface area (Å²) in [7, 11) is 0. The third-order valence-corrected chi connectivity index (χ3v) is 4.04. The van der Waals surface area contributed by atoms with E-state index in [1.165, 1.54) is 0 Å². The predicted molar refractivity (Wildman–Crippen MR) is 107 cm³/mol. The molecule has 0 amide bonds. The summed E-state index contributed by atoms with van der Waals surface area (Å²) < 4.78 is 0. The van der Waals surface area contributed by atoms with Crippen molar-refractivity contribution in [2.75, 3.05) is 0 Å². The molecule has 2 aliphatic heterocycles. The zero-order chi connectivity index (χ0) is 15.9. The molecule has 5 rings (SSSR count). The maximum Gasteiger partial charge on any atom is 2.00 e. The molecule has 0 fully saturated rings. The largest absolute Gasteiger partial charge is 2.00 e. The van der Waals surface area contributed by atoms with Gasteiger partial charge in [-0.15, -0.1) is 0 Å². The van der Waals surface area contributed by atoms with Gasteiger partial charge in [-0.3, -0.25) is 0 Å². The molecule has 0 radical (unpaired) electrons. The van der Waals surface area contributed by atoms with E-state index >= 15 is 0 Å². The summed E-state index contributed by atoms with van der Waals surface area (Å²) in [4.78, 5) is 16.0. The van der Waals surface area contributed by atoms with Gasteiger partial charge < -0.3 is 12.8 Å². The Morgan fingerprint density at radius 2 is 0.880 bits per heavy atom. The van der Waals surface area contributed by atoms with Crippen molar-refractivity contribution >= 4 is 84.1 Å². The van der Waals surface area contributed by atoms with E-state index in [2.05, 4.69) is 50.3 Å². The molecule has 5 heteroatoms. The zero-order valence-corrected chi connectivity index (χ0v) is 15.7. The van der Waals surface area contributed by atoms with E-state index in [0.29, 0.717) is 0 Å². The Hall–Kier alpha value is -2.14. The molecule has 118 valence electrons. The summed E-state index contributed by atoms with van der Waals surface area (Å²) in [5, 5.41) is 0. The molecule has 8 bridgehead atoms. The van der Waals surface area contributed by atoms with E-state index in [9.17, 15) is 0 Å². The molecule has 0 aliphatic carbocycles. The molecule has 2 aliphatic rings. The van der Waals surface area contributed by atoms with Gasteiger partial charge in [0.2, 0.25) is 0 Å². The first-order valence-electron chi connectivity index (χ1n) is 7.85. The Kier molecular flexibility index (Phi) is 4.34. The van der Waals surface area contributed by atoms with Crippen molar-refractivity contribution in [2.24, 2.45) is 0 Å². The second-order valence-electron chi connectivity index (χ2n) is 5.91. The quantitative estimate of drug-likeness (QED) is 0.403. The fourth-order valence-corrected chi connectivity index (χ4v) is 2.94. The summed E-state index contributed by atoms with van der Waals surface area (Å²) in [5.41, 5.74) is 7.86. The zero-order valence-electron chi connectivity index (χ0n) is 15.5. The number of rotatable bonds is 0. The average molecular weight is 352 g/mol. The van der Waals surface area contributed by atoms with Gasteiger partial charge in [-0.2, -0.15) is 0 Å². The van der Waals surface area contributed by atoms with Gasteiger partial charge in [0.1, 0.15) is 0 Å². The number of fused-ring (bicyclic) bond motifs is 8. The van der Waals surface area contributed by atoms with Gasteiger partial charge in [0.05, 0.1) is 22.8 Å². The van der Waals surface area contributed by atoms with Crippen molar-refractivity contribution in [1.82, 2.24) is 19.9 Å². The summed E-state index contributed by atoms with van der Waals surface area (Å²) in [6.45, 7) is 0. The van der Waals surface area contributed by atoms with Gasteiger partial charge in [-0.25, -0.2) is 9.97 Å². The molecule has 0 spiro atoms. The van der Waals surface area contributed by atoms with Crippen LogP contribution >= 0.6 is 0 Å². The molecule has 3 aromatic heterocycles. The average Bonchev–Trinajstić information content (AvgIpc) is 3.32. The number of nitrogens with one attached hydrogen (secondary N) is 2. The van der Waals surface area contributed by atoms with Crippen molar-refractivity contribution in [3.8, 4) is 0 Å². The van der Waals surface area contributed by atoms with Crippen LogP contribution in [-0.4, -0.2) is 57.7 Å². The van der Waals surface area contributed by atoms with Crippen molar-refractivity contribution in [1.29, 1.82) is 0 Å². The van der Waals surface area contributed by atoms with Gasteiger partial charge >= 0.3 is 37.7 Å². The van der Waals surface area contributed by atoms with Crippen molar-refractivity contribution < 1.29 is 2.85 Å². The standard InChI is InChI=1S/C20H14N4.Ca.2H/c1-2-14-10-16-5-6-18(23-16)12-20-8-7-19(24-20)11-17-4-3-15(22-17)9-13(1)21-14;;;/h1-12,21-22H;;;/q;+2;2*-1. The van der Waals surface area contributed by atoms with Gasteiger partial charge in [0.15, 0.2) is 0 Å². The van der Waals surface area contributed by atoms with Crippen molar-refractivity contribution in [3.63, 3.8) is 0 Å². The van der Waals surface area contributed by atoms with Gasteiger partial charge in [0, 0.05) is 22.1 Å². The fraction of sp³-hybridized carbons (Fsp3) is 0. The number of H-pyrrole nitrogens is 2. The molecular formula is C20H16CaN4. The van der Waals surface area contributed by atoms with E-state index in [4.69, 9.17) is 0 Å². The third kappa shape index (κ3) is 3.47. The van der Waals surface area contributed by atoms with Crippen LogP contribution < -0.4 is 0 Å². The van der Waals surface area contributed by atoms with E-state index in [0.717, 1.165) is 44.8 Å². The maximum absolute atomic E-state index is 4.62. The van der Waals surface area contributed by atoms with Crippen LogP contribution in [-0.2, 0) is 0 Å². The molecule has 0 saturated heterocycles. The van der Waals surface area contributed by atoms with E-state index in [1.807, 2.05) is 42.5 Å². The van der Waals surface area contributed by atoms with Crippen LogP contribution in [0.4, 0.5) is 0 Å². The first kappa shape index (κ1) is 16.3. The Balaban J connectivity index is 0.000000871. The molecule has 4 nitrogen and oxygen atoms in total. The van der Waals surface area contributed by atoms with E-state index in [-0.39, 0.29) is 40.6 Å². The van der Waals surface area contributed by atoms with Gasteiger partial charge in [0.25, 0.3) is 0 Å². The minimum atomic E-state index is 0. The molecule has 0 unspecified atom stereocenters. The number of nitrogens with zero attached hydrogens (tertiary/aromatic N) is 2. The van der Waals surface area contributed by atoms with Crippen LogP contribution in [0.15, 0.2) is 48.5 Å². The smallest absolute Gasteiger partial charge is 1.00 e. The fourth-order valence-electron chi connectivity index (χ4n) is 2.94. The normalized spacial score (nSPS) is 12.2. The summed E-state index contributed by atoms with van der Waals surface area (Å²) in [5.74, 6) is 0. The monoisotopic (exact) mass is 352 g/mol. The second kappa shape index (κ2) is 6.64. The Labute approximate surface area is 177 Å². The Bertz CT molecular complexity index is 1090. The van der Waals surface area contributed by atoms with Crippen LogP contribution in [0, 0.1) is 0 Å². The number of aromatic amines is 2. The number of hydrogen-bond donors (Lipinski definition) is 2. The molecular weight excluding hydrogens is 336 g/mol. The van der Waals surface area contributed by atoms with Crippen LogP contribution in [0.2, 0.25) is 0 Å². The molecule has 25 heavy (non-hydrogen) atoms. The van der Waals surface area contributed by atoms with Crippen LogP contribution in [0.25, 0.3) is 46.4 Å². The van der Waals surface area contributed by atoms with E-state index < -0.39 is 0 Å². The van der Waals surface area contributed by atoms with Gasteiger partial charge in [-0.05, 0) is 72.8 Å². The summed E-state index contributed by atoms with van der Waals surface area (Å²) in [6, 6.07) is 16.4. The predicted octanol–water partition coefficient (Wildman–Crippen LogP) is 4.50. The van der Waals surface area contributed by atoms with Gasteiger partial charge in [-0.1, -0.05) is 0 Å². The third-order valence-electron chi connectivity index (χ3n) is 4.04. The summed E-state index contributed by atoms with van der Waals surface area (Å²) in [6.07, 6.45) is 8.05. The van der Waals surface area contributed by atoms with Crippen LogP contribution in [0.3, 0.4) is 0 Å². The minimum absolute atomic E-state index is 0. The van der Waals surface area contributed by atoms with Crippen molar-refractivity contribution in [3.05, 3.63) is 71.3 Å². The second-order valence-corrected chi connectivity index (χ2v) is 5.91. The maximum atomic E-state index is 4.62. The first-order valence-corrected chi connectivity index (χ1v) is 7.85. The molecule has 2 N–H and O–H groups in total. The topological polar surface area (TPSA) is 57.4 Å². The Morgan fingerprint density at radius 3 is 1.32 bits per heavy atom. The molecule has 3 aromatic rings. The van der Waals surface area contributed by atoms with E-state index in [1.54, 1.807) is 0 Å². The molecule has 5 heterocycles. The van der Waals surface area contributed by atoms with Crippen LogP contribution in [0.5, 0.6) is 0 Å².